The summed E-state index contributed by atoms with van der Waals surface area (Å²) >= 11 is 6.31. The van der Waals surface area contributed by atoms with Crippen LogP contribution in [0.25, 0.3) is 0 Å². The fraction of sp³-hybridized carbons (Fsp3) is 0.409. The van der Waals surface area contributed by atoms with Crippen LogP contribution in [0, 0.1) is 0 Å². The standard InChI is InChI=1S/C22H24ClN3O2/c1-2-25-11-9-22(10-12-25)26-20(18-13-16(23)5-8-21(18)28-22)14-19(24-26)15-3-6-17(27)7-4-15/h3-8,13,20,27H,2,9-12,14H2,1H3. The van der Waals surface area contributed by atoms with Crippen LogP contribution in [0.4, 0.5) is 0 Å². The molecule has 2 aromatic carbocycles. The van der Waals surface area contributed by atoms with Crippen molar-refractivity contribution < 1.29 is 9.84 Å². The van der Waals surface area contributed by atoms with E-state index in [1.165, 1.54) is 0 Å². The molecule has 2 aromatic rings. The first kappa shape index (κ1) is 17.8. The molecule has 0 aromatic heterocycles. The molecule has 1 atom stereocenters. The smallest absolute Gasteiger partial charge is 0.200 e. The highest BCUT2D eigenvalue weighted by Gasteiger charge is 2.51. The van der Waals surface area contributed by atoms with Crippen molar-refractivity contribution in [2.75, 3.05) is 19.6 Å². The third-order valence-corrected chi connectivity index (χ3v) is 6.48. The van der Waals surface area contributed by atoms with Gasteiger partial charge in [-0.3, -0.25) is 0 Å². The first-order chi connectivity index (χ1) is 13.6. The molecule has 0 saturated carbocycles. The number of piperidine rings is 1. The largest absolute Gasteiger partial charge is 0.508 e. The second-order valence-electron chi connectivity index (χ2n) is 7.82. The maximum atomic E-state index is 9.62. The predicted molar refractivity (Wildman–Crippen MR) is 110 cm³/mol. The van der Waals surface area contributed by atoms with Crippen molar-refractivity contribution in [3.8, 4) is 11.5 Å². The second kappa shape index (κ2) is 6.68. The molecule has 3 aliphatic heterocycles. The minimum Gasteiger partial charge on any atom is -0.508 e. The molecule has 28 heavy (non-hydrogen) atoms. The molecular formula is C22H24ClN3O2. The number of hydrazone groups is 1. The van der Waals surface area contributed by atoms with Crippen LogP contribution in [0.1, 0.15) is 43.4 Å². The van der Waals surface area contributed by atoms with Crippen molar-refractivity contribution in [3.63, 3.8) is 0 Å². The van der Waals surface area contributed by atoms with Crippen LogP contribution in [-0.4, -0.2) is 46.1 Å². The fourth-order valence-corrected chi connectivity index (χ4v) is 4.81. The van der Waals surface area contributed by atoms with E-state index in [-0.39, 0.29) is 11.8 Å². The summed E-state index contributed by atoms with van der Waals surface area (Å²) in [6, 6.07) is 13.3. The van der Waals surface area contributed by atoms with E-state index in [0.717, 1.165) is 66.5 Å². The lowest BCUT2D eigenvalue weighted by molar-refractivity contribution is -0.149. The van der Waals surface area contributed by atoms with E-state index >= 15 is 0 Å². The van der Waals surface area contributed by atoms with Gasteiger partial charge in [0.25, 0.3) is 0 Å². The number of aromatic hydroxyl groups is 1. The monoisotopic (exact) mass is 397 g/mol. The first-order valence-electron chi connectivity index (χ1n) is 9.95. The summed E-state index contributed by atoms with van der Waals surface area (Å²) in [5, 5.41) is 17.6. The predicted octanol–water partition coefficient (Wildman–Crippen LogP) is 4.40. The molecule has 1 unspecified atom stereocenters. The van der Waals surface area contributed by atoms with Gasteiger partial charge in [-0.1, -0.05) is 18.5 Å². The van der Waals surface area contributed by atoms with Crippen LogP contribution in [0.5, 0.6) is 11.5 Å². The van der Waals surface area contributed by atoms with Gasteiger partial charge in [0.1, 0.15) is 11.5 Å². The van der Waals surface area contributed by atoms with Crippen molar-refractivity contribution in [2.45, 2.75) is 38.0 Å². The lowest BCUT2D eigenvalue weighted by Gasteiger charge is -2.51. The number of nitrogens with zero attached hydrogens (tertiary/aromatic N) is 3. The summed E-state index contributed by atoms with van der Waals surface area (Å²) in [6.07, 6.45) is 2.65. The molecule has 3 heterocycles. The first-order valence-corrected chi connectivity index (χ1v) is 10.3. The molecule has 0 aliphatic carbocycles. The SMILES string of the molecule is CCN1CCC2(CC1)Oc1ccc(Cl)cc1C1CC(c3ccc(O)cc3)=NN12. The number of rotatable bonds is 2. The highest BCUT2D eigenvalue weighted by molar-refractivity contribution is 6.30. The summed E-state index contributed by atoms with van der Waals surface area (Å²) in [6.45, 7) is 5.28. The fourth-order valence-electron chi connectivity index (χ4n) is 4.63. The lowest BCUT2D eigenvalue weighted by Crippen LogP contribution is -2.59. The summed E-state index contributed by atoms with van der Waals surface area (Å²) in [4.78, 5) is 2.46. The minimum atomic E-state index is -0.407. The highest BCUT2D eigenvalue weighted by atomic mass is 35.5. The Labute approximate surface area is 170 Å². The third kappa shape index (κ3) is 2.85. The van der Waals surface area contributed by atoms with E-state index in [1.54, 1.807) is 12.1 Å². The van der Waals surface area contributed by atoms with E-state index in [1.807, 2.05) is 30.3 Å². The number of halogens is 1. The molecule has 5 nitrogen and oxygen atoms in total. The van der Waals surface area contributed by atoms with E-state index in [9.17, 15) is 5.11 Å². The maximum absolute atomic E-state index is 9.62. The number of benzene rings is 2. The van der Waals surface area contributed by atoms with E-state index in [4.69, 9.17) is 21.4 Å². The molecule has 1 saturated heterocycles. The Morgan fingerprint density at radius 3 is 2.64 bits per heavy atom. The molecule has 6 heteroatoms. The molecule has 1 N–H and O–H groups in total. The molecule has 0 amide bonds. The summed E-state index contributed by atoms with van der Waals surface area (Å²) in [5.41, 5.74) is 2.76. The molecular weight excluding hydrogens is 374 g/mol. The molecule has 1 spiro atoms. The molecule has 3 aliphatic rings. The zero-order chi connectivity index (χ0) is 19.3. The van der Waals surface area contributed by atoms with Gasteiger partial charge in [0.05, 0.1) is 11.8 Å². The number of fused-ring (bicyclic) bond motifs is 4. The average molecular weight is 398 g/mol. The topological polar surface area (TPSA) is 48.3 Å². The Balaban J connectivity index is 1.56. The number of hydrogen-bond donors (Lipinski definition) is 1. The maximum Gasteiger partial charge on any atom is 0.200 e. The lowest BCUT2D eigenvalue weighted by atomic mass is 9.90. The van der Waals surface area contributed by atoms with Crippen LogP contribution in [0.15, 0.2) is 47.6 Å². The van der Waals surface area contributed by atoms with Gasteiger partial charge in [-0.15, -0.1) is 0 Å². The van der Waals surface area contributed by atoms with Crippen molar-refractivity contribution in [3.05, 3.63) is 58.6 Å². The number of hydrogen-bond acceptors (Lipinski definition) is 5. The van der Waals surface area contributed by atoms with Crippen LogP contribution in [0.2, 0.25) is 5.02 Å². The van der Waals surface area contributed by atoms with Crippen molar-refractivity contribution in [1.82, 2.24) is 9.91 Å². The summed E-state index contributed by atoms with van der Waals surface area (Å²) in [7, 11) is 0. The van der Waals surface area contributed by atoms with Gasteiger partial charge in [-0.25, -0.2) is 5.01 Å². The Kier molecular flexibility index (Phi) is 4.25. The summed E-state index contributed by atoms with van der Waals surface area (Å²) in [5.74, 6) is 1.20. The normalized spacial score (nSPS) is 23.1. The Morgan fingerprint density at radius 2 is 1.93 bits per heavy atom. The van der Waals surface area contributed by atoms with Crippen molar-refractivity contribution >= 4 is 17.3 Å². The van der Waals surface area contributed by atoms with Crippen LogP contribution in [-0.2, 0) is 0 Å². The van der Waals surface area contributed by atoms with Gasteiger partial charge in [-0.2, -0.15) is 5.10 Å². The number of likely N-dealkylation sites (tertiary alicyclic amines) is 1. The molecule has 1 fully saturated rings. The Hall–Kier alpha value is -2.24. The van der Waals surface area contributed by atoms with Crippen molar-refractivity contribution in [1.29, 1.82) is 0 Å². The molecule has 5 rings (SSSR count). The van der Waals surface area contributed by atoms with E-state index in [2.05, 4.69) is 16.8 Å². The average Bonchev–Trinajstić information content (AvgIpc) is 3.17. The van der Waals surface area contributed by atoms with Gasteiger partial charge >= 0.3 is 0 Å². The zero-order valence-electron chi connectivity index (χ0n) is 15.9. The van der Waals surface area contributed by atoms with Crippen LogP contribution < -0.4 is 4.74 Å². The molecule has 0 radical (unpaired) electrons. The van der Waals surface area contributed by atoms with Gasteiger partial charge in [-0.05, 0) is 54.6 Å². The Morgan fingerprint density at radius 1 is 1.18 bits per heavy atom. The van der Waals surface area contributed by atoms with E-state index in [0.29, 0.717) is 0 Å². The summed E-state index contributed by atoms with van der Waals surface area (Å²) < 4.78 is 6.62. The number of phenols is 1. The molecule has 0 bridgehead atoms. The molecule has 146 valence electrons. The third-order valence-electron chi connectivity index (χ3n) is 6.24. The van der Waals surface area contributed by atoms with E-state index < -0.39 is 5.72 Å². The van der Waals surface area contributed by atoms with Gasteiger partial charge in [0, 0.05) is 42.9 Å². The van der Waals surface area contributed by atoms with Gasteiger partial charge in [0.15, 0.2) is 0 Å². The zero-order valence-corrected chi connectivity index (χ0v) is 16.7. The van der Waals surface area contributed by atoms with Crippen LogP contribution >= 0.6 is 11.6 Å². The number of ether oxygens (including phenoxy) is 1. The number of phenolic OH excluding ortho intramolecular Hbond substituents is 1. The Bertz CT molecular complexity index is 920. The van der Waals surface area contributed by atoms with Crippen LogP contribution in [0.3, 0.4) is 0 Å². The van der Waals surface area contributed by atoms with Gasteiger partial charge in [0.2, 0.25) is 5.72 Å². The second-order valence-corrected chi connectivity index (χ2v) is 8.26. The van der Waals surface area contributed by atoms with Crippen molar-refractivity contribution in [2.24, 2.45) is 5.10 Å². The highest BCUT2D eigenvalue weighted by Crippen LogP contribution is 2.50. The minimum absolute atomic E-state index is 0.124. The quantitative estimate of drug-likeness (QED) is 0.815. The van der Waals surface area contributed by atoms with Gasteiger partial charge < -0.3 is 14.7 Å².